The summed E-state index contributed by atoms with van der Waals surface area (Å²) in [6.07, 6.45) is 0.961. The van der Waals surface area contributed by atoms with E-state index in [2.05, 4.69) is 5.32 Å². The third-order valence-electron chi connectivity index (χ3n) is 4.89. The van der Waals surface area contributed by atoms with Crippen molar-refractivity contribution in [3.63, 3.8) is 0 Å². The molecule has 0 aliphatic carbocycles. The first kappa shape index (κ1) is 21.9. The molecule has 1 aliphatic heterocycles. The van der Waals surface area contributed by atoms with E-state index in [1.54, 1.807) is 24.8 Å². The first-order chi connectivity index (χ1) is 13.3. The third kappa shape index (κ3) is 6.09. The largest absolute Gasteiger partial charge is 0.490 e. The Bertz CT molecular complexity index is 675. The number of aryl methyl sites for hydroxylation is 1. The summed E-state index contributed by atoms with van der Waals surface area (Å²) in [5.41, 5.74) is 0.720. The van der Waals surface area contributed by atoms with Crippen LogP contribution in [0.2, 0.25) is 0 Å². The molecule has 1 heterocycles. The van der Waals surface area contributed by atoms with Gasteiger partial charge in [0.25, 0.3) is 0 Å². The normalized spacial score (nSPS) is 16.1. The molecular formula is C20H29FN2O5. The molecule has 2 amide bonds. The summed E-state index contributed by atoms with van der Waals surface area (Å²) >= 11 is 0. The van der Waals surface area contributed by atoms with Crippen molar-refractivity contribution >= 4 is 12.0 Å². The molecule has 1 saturated heterocycles. The number of nitrogens with zero attached hydrogens (tertiary/aromatic N) is 1. The van der Waals surface area contributed by atoms with Gasteiger partial charge in [-0.2, -0.15) is 0 Å². The number of benzene rings is 1. The lowest BCUT2D eigenvalue weighted by Crippen LogP contribution is -2.53. The quantitative estimate of drug-likeness (QED) is 0.627. The summed E-state index contributed by atoms with van der Waals surface area (Å²) in [5, 5.41) is 20.3. The Labute approximate surface area is 164 Å². The average Bonchev–Trinajstić information content (AvgIpc) is 2.66. The van der Waals surface area contributed by atoms with Gasteiger partial charge in [-0.15, -0.1) is 0 Å². The Kier molecular flexibility index (Phi) is 8.04. The Morgan fingerprint density at radius 1 is 1.32 bits per heavy atom. The van der Waals surface area contributed by atoms with E-state index < -0.39 is 12.1 Å². The molecule has 156 valence electrons. The maximum absolute atomic E-state index is 13.5. The Morgan fingerprint density at radius 3 is 2.57 bits per heavy atom. The van der Waals surface area contributed by atoms with Crippen molar-refractivity contribution in [1.82, 2.24) is 10.2 Å². The highest BCUT2D eigenvalue weighted by Crippen LogP contribution is 2.25. The first-order valence-corrected chi connectivity index (χ1v) is 9.66. The summed E-state index contributed by atoms with van der Waals surface area (Å²) in [6.45, 7) is 4.58. The van der Waals surface area contributed by atoms with Crippen molar-refractivity contribution in [2.24, 2.45) is 5.92 Å². The van der Waals surface area contributed by atoms with Gasteiger partial charge >= 0.3 is 6.09 Å². The number of amides is 2. The number of halogens is 1. The molecule has 1 aromatic carbocycles. The molecule has 7 nitrogen and oxygen atoms in total. The van der Waals surface area contributed by atoms with E-state index in [0.717, 1.165) is 5.56 Å². The van der Waals surface area contributed by atoms with E-state index in [1.807, 2.05) is 0 Å². The van der Waals surface area contributed by atoms with E-state index in [0.29, 0.717) is 44.5 Å². The van der Waals surface area contributed by atoms with Crippen LogP contribution in [-0.2, 0) is 11.2 Å². The number of carboxylic acid groups (broad SMARTS) is 1. The van der Waals surface area contributed by atoms with Crippen molar-refractivity contribution in [2.45, 2.75) is 51.7 Å². The van der Waals surface area contributed by atoms with Crippen molar-refractivity contribution < 1.29 is 28.9 Å². The molecule has 1 aliphatic rings. The number of carbonyl (C=O) groups excluding carboxylic acids is 1. The molecule has 0 unspecified atom stereocenters. The van der Waals surface area contributed by atoms with Crippen molar-refractivity contribution in [1.29, 1.82) is 0 Å². The van der Waals surface area contributed by atoms with Gasteiger partial charge < -0.3 is 25.2 Å². The van der Waals surface area contributed by atoms with Gasteiger partial charge in [-0.25, -0.2) is 9.18 Å². The number of aliphatic hydroxyl groups excluding tert-OH is 1. The zero-order valence-corrected chi connectivity index (χ0v) is 16.4. The lowest BCUT2D eigenvalue weighted by molar-refractivity contribution is -0.136. The second-order valence-electron chi connectivity index (χ2n) is 7.39. The molecule has 0 aromatic heterocycles. The van der Waals surface area contributed by atoms with E-state index in [-0.39, 0.29) is 30.4 Å². The topological polar surface area (TPSA) is 99.1 Å². The maximum atomic E-state index is 13.5. The molecule has 2 rings (SSSR count). The van der Waals surface area contributed by atoms with Gasteiger partial charge in [0.2, 0.25) is 5.91 Å². The minimum Gasteiger partial charge on any atom is -0.490 e. The molecular weight excluding hydrogens is 367 g/mol. The standard InChI is InChI=1S/C20H29FN2O5/c1-13(2)18(22-20(26)27)19(25)23-9-7-16(8-10-23)28-17-6-5-15(21)12-14(17)4-3-11-24/h5-6,12-13,16,18,22,24H,3-4,7-11H2,1-2H3,(H,26,27)/t18-/m0/s1. The Balaban J connectivity index is 1.95. The van der Waals surface area contributed by atoms with E-state index >= 15 is 0 Å². The van der Waals surface area contributed by atoms with Gasteiger partial charge in [-0.1, -0.05) is 13.8 Å². The fourth-order valence-corrected chi connectivity index (χ4v) is 3.34. The Morgan fingerprint density at radius 2 is 2.00 bits per heavy atom. The van der Waals surface area contributed by atoms with Gasteiger partial charge in [0.15, 0.2) is 0 Å². The van der Waals surface area contributed by atoms with Gasteiger partial charge in [0.05, 0.1) is 0 Å². The van der Waals surface area contributed by atoms with Crippen molar-refractivity contribution in [2.75, 3.05) is 19.7 Å². The first-order valence-electron chi connectivity index (χ1n) is 9.66. The summed E-state index contributed by atoms with van der Waals surface area (Å²) < 4.78 is 19.6. The number of likely N-dealkylation sites (tertiary alicyclic amines) is 1. The van der Waals surface area contributed by atoms with Crippen LogP contribution in [0.5, 0.6) is 5.75 Å². The molecule has 1 fully saturated rings. The summed E-state index contributed by atoms with van der Waals surface area (Å²) in [7, 11) is 0. The number of ether oxygens (including phenoxy) is 1. The van der Waals surface area contributed by atoms with Crippen LogP contribution in [0.4, 0.5) is 9.18 Å². The van der Waals surface area contributed by atoms with Crippen LogP contribution in [0.3, 0.4) is 0 Å². The zero-order valence-electron chi connectivity index (χ0n) is 16.4. The van der Waals surface area contributed by atoms with Crippen LogP contribution >= 0.6 is 0 Å². The number of hydrogen-bond acceptors (Lipinski definition) is 4. The van der Waals surface area contributed by atoms with Crippen LogP contribution in [0.1, 0.15) is 38.7 Å². The summed E-state index contributed by atoms with van der Waals surface area (Å²) in [5.74, 6) is -0.106. The van der Waals surface area contributed by atoms with Crippen LogP contribution in [0, 0.1) is 11.7 Å². The lowest BCUT2D eigenvalue weighted by Gasteiger charge is -2.35. The van der Waals surface area contributed by atoms with Gasteiger partial charge in [0, 0.05) is 32.5 Å². The van der Waals surface area contributed by atoms with Crippen LogP contribution < -0.4 is 10.1 Å². The molecule has 1 aromatic rings. The maximum Gasteiger partial charge on any atom is 0.405 e. The monoisotopic (exact) mass is 396 g/mol. The predicted molar refractivity (Wildman–Crippen MR) is 102 cm³/mol. The molecule has 1 atom stereocenters. The lowest BCUT2D eigenvalue weighted by atomic mass is 10.0. The number of hydrogen-bond donors (Lipinski definition) is 3. The van der Waals surface area contributed by atoms with Gasteiger partial charge in [0.1, 0.15) is 23.7 Å². The molecule has 0 bridgehead atoms. The third-order valence-corrected chi connectivity index (χ3v) is 4.89. The predicted octanol–water partition coefficient (Wildman–Crippen LogP) is 2.41. The van der Waals surface area contributed by atoms with Crippen LogP contribution in [-0.4, -0.2) is 59.0 Å². The highest BCUT2D eigenvalue weighted by Gasteiger charge is 2.31. The Hall–Kier alpha value is -2.35. The fourth-order valence-electron chi connectivity index (χ4n) is 3.34. The van der Waals surface area contributed by atoms with E-state index in [1.165, 1.54) is 12.1 Å². The molecule has 0 spiro atoms. The van der Waals surface area contributed by atoms with Gasteiger partial charge in [-0.3, -0.25) is 4.79 Å². The number of carbonyl (C=O) groups is 2. The molecule has 8 heteroatoms. The summed E-state index contributed by atoms with van der Waals surface area (Å²) in [6, 6.07) is 3.61. The molecule has 3 N–H and O–H groups in total. The second kappa shape index (κ2) is 10.3. The highest BCUT2D eigenvalue weighted by atomic mass is 19.1. The highest BCUT2D eigenvalue weighted by molar-refractivity contribution is 5.85. The number of rotatable bonds is 8. The van der Waals surface area contributed by atoms with Crippen molar-refractivity contribution in [3.05, 3.63) is 29.6 Å². The van der Waals surface area contributed by atoms with Gasteiger partial charge in [-0.05, 0) is 42.5 Å². The average molecular weight is 396 g/mol. The van der Waals surface area contributed by atoms with Crippen LogP contribution in [0.15, 0.2) is 18.2 Å². The smallest absolute Gasteiger partial charge is 0.405 e. The molecule has 0 saturated carbocycles. The fraction of sp³-hybridized carbons (Fsp3) is 0.600. The minimum atomic E-state index is -1.21. The minimum absolute atomic E-state index is 0.0256. The summed E-state index contributed by atoms with van der Waals surface area (Å²) in [4.78, 5) is 25.3. The zero-order chi connectivity index (χ0) is 20.7. The van der Waals surface area contributed by atoms with Crippen molar-refractivity contribution in [3.8, 4) is 5.75 Å². The molecule has 0 radical (unpaired) electrons. The van der Waals surface area contributed by atoms with Crippen LogP contribution in [0.25, 0.3) is 0 Å². The molecule has 28 heavy (non-hydrogen) atoms. The van der Waals surface area contributed by atoms with E-state index in [4.69, 9.17) is 14.9 Å². The second-order valence-corrected chi connectivity index (χ2v) is 7.39. The number of aliphatic hydroxyl groups is 1. The SMILES string of the molecule is CC(C)[C@H](NC(=O)O)C(=O)N1CCC(Oc2ccc(F)cc2CCCO)CC1. The number of nitrogens with one attached hydrogen (secondary N) is 1. The van der Waals surface area contributed by atoms with E-state index in [9.17, 15) is 14.0 Å². The number of piperidine rings is 1.